The maximum absolute atomic E-state index is 13.8. The molecule has 0 saturated heterocycles. The Morgan fingerprint density at radius 3 is 2.15 bits per heavy atom. The minimum Gasteiger partial charge on any atom is -0.497 e. The highest BCUT2D eigenvalue weighted by Crippen LogP contribution is 2.26. The van der Waals surface area contributed by atoms with Crippen molar-refractivity contribution in [3.8, 4) is 18.1 Å². The van der Waals surface area contributed by atoms with Crippen LogP contribution in [-0.2, 0) is 14.3 Å². The lowest BCUT2D eigenvalue weighted by atomic mass is 10.0. The number of anilines is 1. The van der Waals surface area contributed by atoms with Gasteiger partial charge in [0.15, 0.2) is 0 Å². The van der Waals surface area contributed by atoms with E-state index >= 15 is 0 Å². The summed E-state index contributed by atoms with van der Waals surface area (Å²) in [5, 5.41) is 5.47. The van der Waals surface area contributed by atoms with Crippen LogP contribution in [-0.4, -0.2) is 48.6 Å². The zero-order valence-electron chi connectivity index (χ0n) is 24.4. The van der Waals surface area contributed by atoms with E-state index in [0.717, 1.165) is 38.5 Å². The average molecular weight is 550 g/mol. The number of hydrogen-bond acceptors (Lipinski definition) is 5. The summed E-state index contributed by atoms with van der Waals surface area (Å²) in [6.07, 6.45) is 11.0. The molecule has 0 fully saturated rings. The first kappa shape index (κ1) is 32.2. The van der Waals surface area contributed by atoms with Crippen molar-refractivity contribution < 1.29 is 23.9 Å². The summed E-state index contributed by atoms with van der Waals surface area (Å²) in [7, 11) is 1.57. The number of amides is 3. The molecule has 3 amide bonds. The van der Waals surface area contributed by atoms with E-state index in [1.165, 1.54) is 4.90 Å². The number of methoxy groups -OCH3 is 1. The molecule has 1 atom stereocenters. The first-order chi connectivity index (χ1) is 19.1. The van der Waals surface area contributed by atoms with Gasteiger partial charge in [0.25, 0.3) is 5.91 Å². The summed E-state index contributed by atoms with van der Waals surface area (Å²) >= 11 is 0. The van der Waals surface area contributed by atoms with Crippen LogP contribution in [0.15, 0.2) is 48.5 Å². The van der Waals surface area contributed by atoms with Gasteiger partial charge in [-0.15, -0.1) is 6.42 Å². The van der Waals surface area contributed by atoms with Crippen LogP contribution in [0.1, 0.15) is 83.4 Å². The highest BCUT2D eigenvalue weighted by molar-refractivity contribution is 5.98. The Balaban J connectivity index is 2.34. The summed E-state index contributed by atoms with van der Waals surface area (Å²) < 4.78 is 10.5. The van der Waals surface area contributed by atoms with E-state index in [2.05, 4.69) is 23.5 Å². The van der Waals surface area contributed by atoms with Gasteiger partial charge >= 0.3 is 6.09 Å². The van der Waals surface area contributed by atoms with Crippen molar-refractivity contribution in [3.63, 3.8) is 0 Å². The highest BCUT2D eigenvalue weighted by atomic mass is 16.6. The Bertz CT molecular complexity index is 1130. The lowest BCUT2D eigenvalue weighted by Crippen LogP contribution is -2.47. The number of hydrogen-bond donors (Lipinski definition) is 2. The van der Waals surface area contributed by atoms with Crippen molar-refractivity contribution >= 4 is 23.6 Å². The Labute approximate surface area is 238 Å². The van der Waals surface area contributed by atoms with Crippen molar-refractivity contribution in [1.29, 1.82) is 0 Å². The van der Waals surface area contributed by atoms with E-state index in [9.17, 15) is 14.4 Å². The van der Waals surface area contributed by atoms with Crippen molar-refractivity contribution in [2.45, 2.75) is 77.9 Å². The molecule has 40 heavy (non-hydrogen) atoms. The van der Waals surface area contributed by atoms with E-state index in [0.29, 0.717) is 29.1 Å². The molecule has 0 heterocycles. The number of nitrogens with one attached hydrogen (secondary N) is 2. The minimum absolute atomic E-state index is 0.306. The van der Waals surface area contributed by atoms with Crippen LogP contribution in [0.5, 0.6) is 5.75 Å². The van der Waals surface area contributed by atoms with Gasteiger partial charge in [0.2, 0.25) is 5.91 Å². The molecule has 2 aromatic carbocycles. The normalized spacial score (nSPS) is 11.6. The molecule has 8 heteroatoms. The zero-order chi connectivity index (χ0) is 29.5. The number of terminal acetylenes is 1. The van der Waals surface area contributed by atoms with Gasteiger partial charge in [0, 0.05) is 17.8 Å². The SMILES string of the molecule is C#Cc1ccc(C(C(=O)Nc2ccc(OC)cc2)N(CCCCCCCC)C(=O)CNC(=O)OC(C)(C)C)cc1. The summed E-state index contributed by atoms with van der Waals surface area (Å²) in [5.41, 5.74) is 1.14. The third kappa shape index (κ3) is 11.0. The van der Waals surface area contributed by atoms with Crippen LogP contribution in [0.2, 0.25) is 0 Å². The third-order valence-corrected chi connectivity index (χ3v) is 6.17. The van der Waals surface area contributed by atoms with Gasteiger partial charge < -0.3 is 25.0 Å². The molecular weight excluding hydrogens is 506 g/mol. The molecule has 2 N–H and O–H groups in total. The number of benzene rings is 2. The number of carbonyl (C=O) groups excluding carboxylic acids is 3. The molecule has 0 saturated carbocycles. The van der Waals surface area contributed by atoms with E-state index in [1.807, 2.05) is 0 Å². The summed E-state index contributed by atoms with van der Waals surface area (Å²) in [5.74, 6) is 2.47. The molecular formula is C32H43N3O5. The first-order valence-corrected chi connectivity index (χ1v) is 13.9. The van der Waals surface area contributed by atoms with Crippen LogP contribution in [0.3, 0.4) is 0 Å². The number of rotatable bonds is 14. The molecule has 0 aromatic heterocycles. The monoisotopic (exact) mass is 549 g/mol. The fourth-order valence-electron chi connectivity index (χ4n) is 4.14. The van der Waals surface area contributed by atoms with Crippen molar-refractivity contribution in [1.82, 2.24) is 10.2 Å². The smallest absolute Gasteiger partial charge is 0.408 e. The quantitative estimate of drug-likeness (QED) is 0.220. The molecule has 0 bridgehead atoms. The molecule has 2 rings (SSSR count). The number of carbonyl (C=O) groups is 3. The van der Waals surface area contributed by atoms with Crippen molar-refractivity contribution in [2.75, 3.05) is 25.5 Å². The van der Waals surface area contributed by atoms with Crippen molar-refractivity contribution in [3.05, 3.63) is 59.7 Å². The Morgan fingerprint density at radius 2 is 1.57 bits per heavy atom. The summed E-state index contributed by atoms with van der Waals surface area (Å²) in [6.45, 7) is 7.45. The van der Waals surface area contributed by atoms with E-state index in [1.54, 1.807) is 76.4 Å². The molecule has 0 aliphatic carbocycles. The van der Waals surface area contributed by atoms with Crippen LogP contribution in [0, 0.1) is 12.3 Å². The van der Waals surface area contributed by atoms with Gasteiger partial charge in [-0.05, 0) is 69.2 Å². The van der Waals surface area contributed by atoms with Crippen LogP contribution in [0.25, 0.3) is 0 Å². The summed E-state index contributed by atoms with van der Waals surface area (Å²) in [4.78, 5) is 41.2. The van der Waals surface area contributed by atoms with Gasteiger partial charge in [0.05, 0.1) is 7.11 Å². The lowest BCUT2D eigenvalue weighted by molar-refractivity contribution is -0.138. The number of alkyl carbamates (subject to hydrolysis) is 1. The zero-order valence-corrected chi connectivity index (χ0v) is 24.4. The topological polar surface area (TPSA) is 97.0 Å². The van der Waals surface area contributed by atoms with Gasteiger partial charge in [-0.25, -0.2) is 4.79 Å². The Hall–Kier alpha value is -3.99. The maximum Gasteiger partial charge on any atom is 0.408 e. The number of unbranched alkanes of at least 4 members (excludes halogenated alkanes) is 5. The van der Waals surface area contributed by atoms with Crippen LogP contribution in [0.4, 0.5) is 10.5 Å². The van der Waals surface area contributed by atoms with Gasteiger partial charge in [-0.2, -0.15) is 0 Å². The van der Waals surface area contributed by atoms with Gasteiger partial charge in [-0.3, -0.25) is 9.59 Å². The first-order valence-electron chi connectivity index (χ1n) is 13.9. The molecule has 0 radical (unpaired) electrons. The Morgan fingerprint density at radius 1 is 0.950 bits per heavy atom. The molecule has 8 nitrogen and oxygen atoms in total. The molecule has 216 valence electrons. The fraction of sp³-hybridized carbons (Fsp3) is 0.469. The average Bonchev–Trinajstić information content (AvgIpc) is 2.92. The lowest BCUT2D eigenvalue weighted by Gasteiger charge is -2.32. The standard InChI is InChI=1S/C32H43N3O5/c1-7-9-10-11-12-13-22-35(28(36)23-33-31(38)40-32(3,4)5)29(25-16-14-24(8-2)15-17-25)30(37)34-26-18-20-27(39-6)21-19-26/h2,14-21,29H,7,9-13,22-23H2,1,3-6H3,(H,33,38)(H,34,37). The number of nitrogens with zero attached hydrogens (tertiary/aromatic N) is 1. The molecule has 2 aromatic rings. The van der Waals surface area contributed by atoms with E-state index in [-0.39, 0.29) is 12.5 Å². The minimum atomic E-state index is -0.947. The second kappa shape index (κ2) is 16.2. The molecule has 0 aliphatic rings. The van der Waals surface area contributed by atoms with Crippen molar-refractivity contribution in [2.24, 2.45) is 0 Å². The van der Waals surface area contributed by atoms with Crippen LogP contribution >= 0.6 is 0 Å². The predicted molar refractivity (Wildman–Crippen MR) is 158 cm³/mol. The van der Waals surface area contributed by atoms with E-state index < -0.39 is 23.6 Å². The number of ether oxygens (including phenoxy) is 2. The highest BCUT2D eigenvalue weighted by Gasteiger charge is 2.32. The molecule has 1 unspecified atom stereocenters. The summed E-state index contributed by atoms with van der Waals surface area (Å²) in [6, 6.07) is 13.0. The molecule has 0 spiro atoms. The predicted octanol–water partition coefficient (Wildman–Crippen LogP) is 6.07. The van der Waals surface area contributed by atoms with E-state index in [4.69, 9.17) is 15.9 Å². The van der Waals surface area contributed by atoms with Gasteiger partial charge in [0.1, 0.15) is 23.9 Å². The third-order valence-electron chi connectivity index (χ3n) is 6.17. The largest absolute Gasteiger partial charge is 0.497 e. The second-order valence-corrected chi connectivity index (χ2v) is 10.6. The maximum atomic E-state index is 13.8. The fourth-order valence-corrected chi connectivity index (χ4v) is 4.14. The van der Waals surface area contributed by atoms with Crippen LogP contribution < -0.4 is 15.4 Å². The van der Waals surface area contributed by atoms with Gasteiger partial charge in [-0.1, -0.05) is 57.1 Å². The second-order valence-electron chi connectivity index (χ2n) is 10.6. The Kier molecular flexibility index (Phi) is 13.0. The molecule has 0 aliphatic heterocycles.